The summed E-state index contributed by atoms with van der Waals surface area (Å²) in [5.41, 5.74) is 1.24. The second-order valence-electron chi connectivity index (χ2n) is 8.45. The molecule has 3 aromatic rings. The molecule has 3 atom stereocenters. The number of carbonyl (C=O) groups excluding carboxylic acids is 1. The van der Waals surface area contributed by atoms with Crippen molar-refractivity contribution in [2.24, 2.45) is 5.92 Å². The number of carbonyl (C=O) groups is 1. The summed E-state index contributed by atoms with van der Waals surface area (Å²) in [5.74, 6) is 0.0123. The first kappa shape index (κ1) is 25.7. The molecule has 3 heterocycles. The van der Waals surface area contributed by atoms with Gasteiger partial charge in [-0.3, -0.25) is 4.79 Å². The smallest absolute Gasteiger partial charge is 0.255 e. The van der Waals surface area contributed by atoms with Crippen molar-refractivity contribution >= 4 is 50.5 Å². The fraction of sp³-hybridized carbons (Fsp3) is 0.292. The molecule has 0 radical (unpaired) electrons. The highest BCUT2D eigenvalue weighted by atomic mass is 35.5. The van der Waals surface area contributed by atoms with Crippen molar-refractivity contribution in [2.45, 2.75) is 24.0 Å². The molecule has 7 nitrogen and oxygen atoms in total. The van der Waals surface area contributed by atoms with Crippen LogP contribution in [-0.4, -0.2) is 54.6 Å². The Labute approximate surface area is 218 Å². The topological polar surface area (TPSA) is 89.5 Å². The lowest BCUT2D eigenvalue weighted by Gasteiger charge is -2.25. The van der Waals surface area contributed by atoms with E-state index in [1.807, 2.05) is 19.1 Å². The maximum atomic E-state index is 13.3. The quantitative estimate of drug-likeness (QED) is 0.418. The molecule has 3 unspecified atom stereocenters. The summed E-state index contributed by atoms with van der Waals surface area (Å²) >= 11 is 18.3. The van der Waals surface area contributed by atoms with Gasteiger partial charge in [0.05, 0.1) is 20.6 Å². The van der Waals surface area contributed by atoms with Gasteiger partial charge in [-0.1, -0.05) is 40.9 Å². The van der Waals surface area contributed by atoms with E-state index in [0.717, 1.165) is 11.8 Å². The van der Waals surface area contributed by atoms with E-state index in [9.17, 15) is 13.2 Å². The third-order valence-electron chi connectivity index (χ3n) is 6.00. The van der Waals surface area contributed by atoms with Gasteiger partial charge in [-0.2, -0.15) is 0 Å². The minimum atomic E-state index is -3.46. The number of aromatic nitrogens is 2. The lowest BCUT2D eigenvalue weighted by molar-refractivity contribution is 0.0769. The van der Waals surface area contributed by atoms with Gasteiger partial charge in [-0.15, -0.1) is 0 Å². The Bertz CT molecular complexity index is 1340. The number of amides is 1. The summed E-state index contributed by atoms with van der Waals surface area (Å²) in [4.78, 5) is 23.2. The highest BCUT2D eigenvalue weighted by molar-refractivity contribution is 7.90. The van der Waals surface area contributed by atoms with Crippen molar-refractivity contribution < 1.29 is 17.9 Å². The average molecular weight is 555 g/mol. The zero-order chi connectivity index (χ0) is 25.3. The fourth-order valence-electron chi connectivity index (χ4n) is 4.18. The molecule has 11 heteroatoms. The summed E-state index contributed by atoms with van der Waals surface area (Å²) in [6, 6.07) is 11.7. The molecule has 0 saturated carbocycles. The molecule has 0 spiro atoms. The van der Waals surface area contributed by atoms with Crippen LogP contribution in [0.15, 0.2) is 59.9 Å². The number of sulfone groups is 1. The molecule has 2 aromatic heterocycles. The Hall–Kier alpha value is -2.39. The molecule has 1 aromatic carbocycles. The Morgan fingerprint density at radius 2 is 1.80 bits per heavy atom. The molecule has 4 rings (SSSR count). The molecule has 184 valence electrons. The number of nitrogens with zero attached hydrogens (tertiary/aromatic N) is 3. The maximum absolute atomic E-state index is 13.3. The van der Waals surface area contributed by atoms with Crippen molar-refractivity contribution in [3.05, 3.63) is 81.1 Å². The van der Waals surface area contributed by atoms with E-state index >= 15 is 0 Å². The van der Waals surface area contributed by atoms with E-state index in [2.05, 4.69) is 9.97 Å². The van der Waals surface area contributed by atoms with Gasteiger partial charge in [-0.25, -0.2) is 18.4 Å². The Morgan fingerprint density at radius 1 is 1.03 bits per heavy atom. The number of rotatable bonds is 6. The van der Waals surface area contributed by atoms with Crippen LogP contribution in [0, 0.1) is 5.92 Å². The second kappa shape index (κ2) is 10.3. The largest absolute Gasteiger partial charge is 0.474 e. The van der Waals surface area contributed by atoms with E-state index in [-0.39, 0.29) is 28.9 Å². The summed E-state index contributed by atoms with van der Waals surface area (Å²) in [5, 5.41) is 1.30. The van der Waals surface area contributed by atoms with Gasteiger partial charge in [0.25, 0.3) is 5.91 Å². The van der Waals surface area contributed by atoms with E-state index in [4.69, 9.17) is 39.5 Å². The molecule has 0 aliphatic carbocycles. The van der Waals surface area contributed by atoms with Crippen LogP contribution in [0.3, 0.4) is 0 Å². The van der Waals surface area contributed by atoms with Crippen LogP contribution in [0.5, 0.6) is 5.88 Å². The van der Waals surface area contributed by atoms with Crippen LogP contribution < -0.4 is 4.74 Å². The normalized spacial score (nSPS) is 18.9. The zero-order valence-corrected chi connectivity index (χ0v) is 21.9. The third kappa shape index (κ3) is 5.89. The Balaban J connectivity index is 1.60. The first-order chi connectivity index (χ1) is 16.5. The molecule has 1 amide bonds. The minimum absolute atomic E-state index is 0.0838. The molecule has 0 bridgehead atoms. The van der Waals surface area contributed by atoms with Crippen molar-refractivity contribution in [2.75, 3.05) is 19.3 Å². The average Bonchev–Trinajstić information content (AvgIpc) is 3.27. The SMILES string of the molecule is CC(Oc1ccc(Cl)cn1)C1CN(C(=O)c2ccc(S(C)(=O)=O)nc2)CC1c1ccc(Cl)c(Cl)c1. The molecular weight excluding hydrogens is 533 g/mol. The molecule has 1 aliphatic rings. The van der Waals surface area contributed by atoms with Crippen molar-refractivity contribution in [1.82, 2.24) is 14.9 Å². The van der Waals surface area contributed by atoms with Gasteiger partial charge in [-0.05, 0) is 42.8 Å². The van der Waals surface area contributed by atoms with Crippen LogP contribution in [0.2, 0.25) is 15.1 Å². The van der Waals surface area contributed by atoms with Crippen LogP contribution in [0.1, 0.15) is 28.8 Å². The second-order valence-corrected chi connectivity index (χ2v) is 11.7. The van der Waals surface area contributed by atoms with Crippen LogP contribution in [-0.2, 0) is 9.84 Å². The summed E-state index contributed by atoms with van der Waals surface area (Å²) < 4.78 is 29.5. The van der Waals surface area contributed by atoms with Gasteiger partial charge in [0.15, 0.2) is 14.9 Å². The number of pyridine rings is 2. The predicted octanol–water partition coefficient (Wildman–Crippen LogP) is 5.16. The van der Waals surface area contributed by atoms with E-state index < -0.39 is 9.84 Å². The van der Waals surface area contributed by atoms with Crippen LogP contribution in [0.25, 0.3) is 0 Å². The monoisotopic (exact) mass is 553 g/mol. The van der Waals surface area contributed by atoms with Crippen LogP contribution >= 0.6 is 34.8 Å². The number of hydrogen-bond donors (Lipinski definition) is 0. The minimum Gasteiger partial charge on any atom is -0.474 e. The van der Waals surface area contributed by atoms with E-state index in [1.54, 1.807) is 23.1 Å². The maximum Gasteiger partial charge on any atom is 0.255 e. The standard InChI is InChI=1S/C24H22Cl3N3O4S/c1-14(34-22-7-5-17(25)11-28-22)18-12-30(13-19(18)15-3-6-20(26)21(27)9-15)24(31)16-4-8-23(29-10-16)35(2,32)33/h3-11,14,18-19H,12-13H2,1-2H3. The molecule has 1 fully saturated rings. The zero-order valence-electron chi connectivity index (χ0n) is 18.9. The lowest BCUT2D eigenvalue weighted by Crippen LogP contribution is -2.32. The Morgan fingerprint density at radius 3 is 2.40 bits per heavy atom. The van der Waals surface area contributed by atoms with Gasteiger partial charge in [0, 0.05) is 49.6 Å². The molecule has 1 aliphatic heterocycles. The summed E-state index contributed by atoms with van der Waals surface area (Å²) in [6.45, 7) is 2.76. The van der Waals surface area contributed by atoms with Gasteiger partial charge < -0.3 is 9.64 Å². The van der Waals surface area contributed by atoms with Gasteiger partial charge in [0.2, 0.25) is 5.88 Å². The van der Waals surface area contributed by atoms with E-state index in [0.29, 0.717) is 39.6 Å². The molecule has 1 saturated heterocycles. The van der Waals surface area contributed by atoms with Crippen molar-refractivity contribution in [1.29, 1.82) is 0 Å². The van der Waals surface area contributed by atoms with Crippen molar-refractivity contribution in [3.8, 4) is 5.88 Å². The predicted molar refractivity (Wildman–Crippen MR) is 135 cm³/mol. The summed E-state index contributed by atoms with van der Waals surface area (Å²) in [6.07, 6.45) is 3.57. The molecule has 0 N–H and O–H groups in total. The third-order valence-corrected chi connectivity index (χ3v) is 7.96. The van der Waals surface area contributed by atoms with Crippen molar-refractivity contribution in [3.63, 3.8) is 0 Å². The van der Waals surface area contributed by atoms with Gasteiger partial charge >= 0.3 is 0 Å². The number of ether oxygens (including phenoxy) is 1. The number of benzene rings is 1. The molecule has 35 heavy (non-hydrogen) atoms. The molecular formula is C24H22Cl3N3O4S. The van der Waals surface area contributed by atoms with E-state index in [1.165, 1.54) is 24.5 Å². The number of likely N-dealkylation sites (tertiary alicyclic amines) is 1. The lowest BCUT2D eigenvalue weighted by atomic mass is 9.86. The first-order valence-corrected chi connectivity index (χ1v) is 13.7. The summed E-state index contributed by atoms with van der Waals surface area (Å²) in [7, 11) is -3.46. The highest BCUT2D eigenvalue weighted by Gasteiger charge is 2.40. The highest BCUT2D eigenvalue weighted by Crippen LogP contribution is 2.38. The number of halogens is 3. The Kier molecular flexibility index (Phi) is 7.57. The number of hydrogen-bond acceptors (Lipinski definition) is 6. The van der Waals surface area contributed by atoms with Gasteiger partial charge in [0.1, 0.15) is 6.10 Å². The first-order valence-electron chi connectivity index (χ1n) is 10.7. The fourth-order valence-corrected chi connectivity index (χ4v) is 5.16. The van der Waals surface area contributed by atoms with Crippen LogP contribution in [0.4, 0.5) is 0 Å².